The molecule has 0 amide bonds. The lowest BCUT2D eigenvalue weighted by Crippen LogP contribution is -2.00. The third kappa shape index (κ3) is 2.16. The van der Waals surface area contributed by atoms with E-state index < -0.39 is 0 Å². The molecule has 98 valence electrons. The number of aromatic nitrogens is 2. The Morgan fingerprint density at radius 2 is 1.67 bits per heavy atom. The van der Waals surface area contributed by atoms with Gasteiger partial charge in [-0.2, -0.15) is 0 Å². The molecule has 18 heavy (non-hydrogen) atoms. The fraction of sp³-hybridized carbons (Fsp3) is 0.562. The van der Waals surface area contributed by atoms with E-state index in [-0.39, 0.29) is 0 Å². The zero-order valence-electron chi connectivity index (χ0n) is 12.4. The molecule has 0 fully saturated rings. The second kappa shape index (κ2) is 4.75. The Morgan fingerprint density at radius 3 is 2.17 bits per heavy atom. The summed E-state index contributed by atoms with van der Waals surface area (Å²) in [4.78, 5) is 4.69. The topological polar surface area (TPSA) is 17.8 Å². The van der Waals surface area contributed by atoms with Crippen molar-refractivity contribution in [2.45, 2.75) is 59.4 Å². The highest BCUT2D eigenvalue weighted by molar-refractivity contribution is 5.82. The van der Waals surface area contributed by atoms with Crippen LogP contribution >= 0.6 is 0 Å². The molecule has 0 unspecified atom stereocenters. The number of hydrogen-bond acceptors (Lipinski definition) is 1. The van der Waals surface area contributed by atoms with Crippen molar-refractivity contribution in [3.63, 3.8) is 0 Å². The Labute approximate surface area is 110 Å². The first-order valence-corrected chi connectivity index (χ1v) is 6.92. The Bertz CT molecular complexity index is 547. The average Bonchev–Trinajstić information content (AvgIpc) is 2.67. The minimum absolute atomic E-state index is 0.456. The number of hydrogen-bond donors (Lipinski definition) is 0. The monoisotopic (exact) mass is 244 g/mol. The second-order valence-electron chi connectivity index (χ2n) is 6.03. The van der Waals surface area contributed by atoms with Crippen LogP contribution in [0.5, 0.6) is 0 Å². The molecule has 2 heteroatoms. The number of nitrogens with zero attached hydrogens (tertiary/aromatic N) is 2. The molecule has 2 nitrogen and oxygen atoms in total. The molecule has 2 heterocycles. The van der Waals surface area contributed by atoms with E-state index in [2.05, 4.69) is 63.4 Å². The molecule has 0 N–H and O–H groups in total. The molecule has 0 bridgehead atoms. The number of rotatable bonds is 3. The SMILES string of the molecule is CC(C)c1cnc2c(c1)c(C(C)C)cn2C(C)C. The molecule has 0 aromatic carbocycles. The Balaban J connectivity index is 2.71. The lowest BCUT2D eigenvalue weighted by molar-refractivity contribution is 0.614. The van der Waals surface area contributed by atoms with Crippen LogP contribution in [0.25, 0.3) is 11.0 Å². The van der Waals surface area contributed by atoms with Crippen LogP contribution < -0.4 is 0 Å². The van der Waals surface area contributed by atoms with Gasteiger partial charge in [-0.25, -0.2) is 4.98 Å². The van der Waals surface area contributed by atoms with E-state index in [4.69, 9.17) is 0 Å². The van der Waals surface area contributed by atoms with Crippen LogP contribution in [0.1, 0.15) is 70.5 Å². The molecule has 0 radical (unpaired) electrons. The summed E-state index contributed by atoms with van der Waals surface area (Å²) in [6, 6.07) is 2.78. The van der Waals surface area contributed by atoms with Crippen LogP contribution in [0.15, 0.2) is 18.5 Å². The first kappa shape index (κ1) is 13.1. The van der Waals surface area contributed by atoms with Crippen molar-refractivity contribution in [1.29, 1.82) is 0 Å². The predicted molar refractivity (Wildman–Crippen MR) is 78.3 cm³/mol. The maximum Gasteiger partial charge on any atom is 0.140 e. The minimum Gasteiger partial charge on any atom is -0.330 e. The smallest absolute Gasteiger partial charge is 0.140 e. The summed E-state index contributed by atoms with van der Waals surface area (Å²) in [7, 11) is 0. The predicted octanol–water partition coefficient (Wildman–Crippen LogP) is 4.86. The molecule has 0 spiro atoms. The van der Waals surface area contributed by atoms with Crippen molar-refractivity contribution < 1.29 is 0 Å². The minimum atomic E-state index is 0.456. The van der Waals surface area contributed by atoms with Gasteiger partial charge in [0.1, 0.15) is 5.65 Å². The molecule has 0 saturated heterocycles. The molecule has 0 atom stereocenters. The van der Waals surface area contributed by atoms with E-state index in [0.717, 1.165) is 5.65 Å². The fourth-order valence-electron chi connectivity index (χ4n) is 2.34. The van der Waals surface area contributed by atoms with E-state index in [1.165, 1.54) is 16.5 Å². The third-order valence-electron chi connectivity index (χ3n) is 3.57. The maximum absolute atomic E-state index is 4.69. The van der Waals surface area contributed by atoms with Crippen LogP contribution in [-0.4, -0.2) is 9.55 Å². The molecule has 0 aliphatic heterocycles. The summed E-state index contributed by atoms with van der Waals surface area (Å²) in [5, 5.41) is 1.32. The van der Waals surface area contributed by atoms with Crippen molar-refractivity contribution in [3.05, 3.63) is 29.6 Å². The van der Waals surface area contributed by atoms with Gasteiger partial charge in [0.05, 0.1) is 0 Å². The lowest BCUT2D eigenvalue weighted by Gasteiger charge is -2.09. The van der Waals surface area contributed by atoms with Gasteiger partial charge in [0.2, 0.25) is 0 Å². The van der Waals surface area contributed by atoms with Gasteiger partial charge in [0, 0.05) is 23.8 Å². The highest BCUT2D eigenvalue weighted by atomic mass is 15.0. The molecule has 0 aliphatic rings. The first-order valence-electron chi connectivity index (χ1n) is 6.92. The largest absolute Gasteiger partial charge is 0.330 e. The van der Waals surface area contributed by atoms with Crippen LogP contribution in [0, 0.1) is 0 Å². The molecule has 2 aromatic rings. The molecular weight excluding hydrogens is 220 g/mol. The quantitative estimate of drug-likeness (QED) is 0.753. The lowest BCUT2D eigenvalue weighted by atomic mass is 10.00. The van der Waals surface area contributed by atoms with Crippen molar-refractivity contribution >= 4 is 11.0 Å². The van der Waals surface area contributed by atoms with Gasteiger partial charge in [-0.1, -0.05) is 27.7 Å². The zero-order valence-corrected chi connectivity index (χ0v) is 12.4. The fourth-order valence-corrected chi connectivity index (χ4v) is 2.34. The summed E-state index contributed by atoms with van der Waals surface area (Å²) >= 11 is 0. The summed E-state index contributed by atoms with van der Waals surface area (Å²) < 4.78 is 2.29. The molecule has 0 aliphatic carbocycles. The van der Waals surface area contributed by atoms with E-state index in [1.807, 2.05) is 6.20 Å². The van der Waals surface area contributed by atoms with Gasteiger partial charge in [-0.15, -0.1) is 0 Å². The van der Waals surface area contributed by atoms with E-state index in [9.17, 15) is 0 Å². The van der Waals surface area contributed by atoms with Gasteiger partial charge in [0.15, 0.2) is 0 Å². The van der Waals surface area contributed by atoms with Crippen LogP contribution in [0.3, 0.4) is 0 Å². The van der Waals surface area contributed by atoms with Gasteiger partial charge in [-0.05, 0) is 42.9 Å². The van der Waals surface area contributed by atoms with E-state index >= 15 is 0 Å². The second-order valence-corrected chi connectivity index (χ2v) is 6.03. The van der Waals surface area contributed by atoms with Crippen LogP contribution in [-0.2, 0) is 0 Å². The maximum atomic E-state index is 4.69. The Hall–Kier alpha value is -1.31. The summed E-state index contributed by atoms with van der Waals surface area (Å²) in [6.07, 6.45) is 4.30. The van der Waals surface area contributed by atoms with Crippen LogP contribution in [0.4, 0.5) is 0 Å². The average molecular weight is 244 g/mol. The number of fused-ring (bicyclic) bond motifs is 1. The zero-order chi connectivity index (χ0) is 13.4. The number of pyridine rings is 1. The van der Waals surface area contributed by atoms with Gasteiger partial charge in [-0.3, -0.25) is 0 Å². The summed E-state index contributed by atoms with van der Waals surface area (Å²) in [5.41, 5.74) is 3.86. The highest BCUT2D eigenvalue weighted by Crippen LogP contribution is 2.30. The molecule has 2 rings (SSSR count). The molecule has 2 aromatic heterocycles. The highest BCUT2D eigenvalue weighted by Gasteiger charge is 2.15. The van der Waals surface area contributed by atoms with E-state index in [1.54, 1.807) is 0 Å². The van der Waals surface area contributed by atoms with Gasteiger partial charge < -0.3 is 4.57 Å². The Kier molecular flexibility index (Phi) is 3.47. The standard InChI is InChI=1S/C16H24N2/c1-10(2)13-7-14-15(11(3)4)9-18(12(5)6)16(14)17-8-13/h7-12H,1-6H3. The van der Waals surface area contributed by atoms with Crippen molar-refractivity contribution in [2.75, 3.05) is 0 Å². The van der Waals surface area contributed by atoms with Gasteiger partial charge >= 0.3 is 0 Å². The van der Waals surface area contributed by atoms with E-state index in [0.29, 0.717) is 17.9 Å². The normalized spacial score (nSPS) is 12.3. The van der Waals surface area contributed by atoms with Gasteiger partial charge in [0.25, 0.3) is 0 Å². The van der Waals surface area contributed by atoms with Crippen molar-refractivity contribution in [1.82, 2.24) is 9.55 Å². The van der Waals surface area contributed by atoms with Crippen LogP contribution in [0.2, 0.25) is 0 Å². The first-order chi connectivity index (χ1) is 8.41. The summed E-state index contributed by atoms with van der Waals surface area (Å²) in [6.45, 7) is 13.4. The third-order valence-corrected chi connectivity index (χ3v) is 3.57. The molecular formula is C16H24N2. The Morgan fingerprint density at radius 1 is 1.00 bits per heavy atom. The molecule has 0 saturated carbocycles. The summed E-state index contributed by atoms with van der Waals surface area (Å²) in [5.74, 6) is 1.07. The van der Waals surface area contributed by atoms with Crippen molar-refractivity contribution in [3.8, 4) is 0 Å². The van der Waals surface area contributed by atoms with Crippen molar-refractivity contribution in [2.24, 2.45) is 0 Å².